The molecule has 1 aliphatic rings. The van der Waals surface area contributed by atoms with E-state index in [1.165, 1.54) is 57.4 Å². The Morgan fingerprint density at radius 3 is 2.44 bits per heavy atom. The molecule has 0 bridgehead atoms. The molecule has 0 spiro atoms. The highest BCUT2D eigenvalue weighted by molar-refractivity contribution is 6.77. The average molecular weight is 239 g/mol. The first kappa shape index (κ1) is 14.0. The highest BCUT2D eigenvalue weighted by Crippen LogP contribution is 2.19. The second kappa shape index (κ2) is 7.28. The van der Waals surface area contributed by atoms with Gasteiger partial charge in [-0.05, 0) is 51.9 Å². The van der Waals surface area contributed by atoms with Crippen LogP contribution in [0, 0.1) is 0 Å². The van der Waals surface area contributed by atoms with Crippen molar-refractivity contribution in [3.05, 3.63) is 12.2 Å². The molecular weight excluding hydrogens is 210 g/mol. The molecule has 1 aliphatic heterocycles. The van der Waals surface area contributed by atoms with Crippen LogP contribution >= 0.6 is 0 Å². The van der Waals surface area contributed by atoms with Gasteiger partial charge < -0.3 is 4.90 Å². The molecule has 1 rings (SSSR count). The highest BCUT2D eigenvalue weighted by Gasteiger charge is 2.19. The quantitative estimate of drug-likeness (QED) is 0.497. The molecule has 16 heavy (non-hydrogen) atoms. The smallest absolute Gasteiger partial charge is 0.0511 e. The number of rotatable bonds is 6. The molecule has 0 aliphatic carbocycles. The van der Waals surface area contributed by atoms with Gasteiger partial charge in [0.05, 0.1) is 8.07 Å². The van der Waals surface area contributed by atoms with Crippen molar-refractivity contribution in [1.29, 1.82) is 0 Å². The Hall–Kier alpha value is -0.0831. The fourth-order valence-corrected chi connectivity index (χ4v) is 4.70. The molecule has 1 fully saturated rings. The van der Waals surface area contributed by atoms with Gasteiger partial charge in [-0.2, -0.15) is 0 Å². The number of allylic oxidation sites excluding steroid dienone is 2. The van der Waals surface area contributed by atoms with E-state index in [2.05, 4.69) is 37.1 Å². The Labute approximate surface area is 103 Å². The topological polar surface area (TPSA) is 3.24 Å². The van der Waals surface area contributed by atoms with Gasteiger partial charge in [0.2, 0.25) is 0 Å². The van der Waals surface area contributed by atoms with E-state index < -0.39 is 8.07 Å². The van der Waals surface area contributed by atoms with Crippen molar-refractivity contribution in [2.75, 3.05) is 19.6 Å². The Balaban J connectivity index is 2.13. The molecule has 0 amide bonds. The minimum Gasteiger partial charge on any atom is -0.303 e. The molecule has 1 heterocycles. The van der Waals surface area contributed by atoms with Crippen LogP contribution < -0.4 is 0 Å². The fraction of sp³-hybridized carbons (Fsp3) is 0.857. The monoisotopic (exact) mass is 239 g/mol. The van der Waals surface area contributed by atoms with Gasteiger partial charge in [-0.15, -0.1) is 0 Å². The van der Waals surface area contributed by atoms with Crippen LogP contribution in [0.25, 0.3) is 0 Å². The van der Waals surface area contributed by atoms with Crippen molar-refractivity contribution in [3.63, 3.8) is 0 Å². The number of piperidine rings is 1. The molecule has 0 aromatic carbocycles. The van der Waals surface area contributed by atoms with Crippen LogP contribution in [0.1, 0.15) is 32.6 Å². The normalized spacial score (nSPS) is 19.4. The number of nitrogens with zero attached hydrogens (tertiary/aromatic N) is 1. The van der Waals surface area contributed by atoms with Gasteiger partial charge in [-0.3, -0.25) is 0 Å². The van der Waals surface area contributed by atoms with Gasteiger partial charge in [0.25, 0.3) is 0 Å². The predicted molar refractivity (Wildman–Crippen MR) is 76.8 cm³/mol. The Morgan fingerprint density at radius 2 is 1.81 bits per heavy atom. The Morgan fingerprint density at radius 1 is 1.12 bits per heavy atom. The minimum absolute atomic E-state index is 0.922. The summed E-state index contributed by atoms with van der Waals surface area (Å²) < 4.78 is 0. The summed E-state index contributed by atoms with van der Waals surface area (Å²) in [4.78, 5) is 2.67. The zero-order chi connectivity index (χ0) is 11.9. The van der Waals surface area contributed by atoms with Crippen molar-refractivity contribution in [2.45, 2.75) is 57.8 Å². The van der Waals surface area contributed by atoms with E-state index in [1.807, 2.05) is 0 Å². The summed E-state index contributed by atoms with van der Waals surface area (Å²) in [6.45, 7) is 11.3. The van der Waals surface area contributed by atoms with Crippen molar-refractivity contribution in [2.24, 2.45) is 0 Å². The Kier molecular flexibility index (Phi) is 6.36. The molecule has 0 atom stereocenters. The summed E-state index contributed by atoms with van der Waals surface area (Å²) in [6.07, 6.45) is 10.3. The van der Waals surface area contributed by atoms with E-state index in [0.717, 1.165) is 0 Å². The summed E-state index contributed by atoms with van der Waals surface area (Å²) in [5.41, 5.74) is 0. The van der Waals surface area contributed by atoms with Crippen molar-refractivity contribution >= 4 is 8.07 Å². The zero-order valence-electron chi connectivity index (χ0n) is 11.5. The van der Waals surface area contributed by atoms with Gasteiger partial charge in [0.15, 0.2) is 0 Å². The third kappa shape index (κ3) is 5.85. The van der Waals surface area contributed by atoms with Crippen LogP contribution in [0.5, 0.6) is 0 Å². The van der Waals surface area contributed by atoms with Gasteiger partial charge in [0.1, 0.15) is 0 Å². The van der Waals surface area contributed by atoms with E-state index in [4.69, 9.17) is 0 Å². The largest absolute Gasteiger partial charge is 0.303 e. The summed E-state index contributed by atoms with van der Waals surface area (Å²) >= 11 is 0. The van der Waals surface area contributed by atoms with Crippen LogP contribution in [-0.4, -0.2) is 32.6 Å². The predicted octanol–water partition coefficient (Wildman–Crippen LogP) is 4.15. The first-order valence-electron chi connectivity index (χ1n) is 6.97. The molecule has 0 unspecified atom stereocenters. The lowest BCUT2D eigenvalue weighted by Gasteiger charge is -2.28. The molecule has 1 nitrogen and oxygen atoms in total. The molecule has 2 heteroatoms. The number of hydrogen-bond acceptors (Lipinski definition) is 1. The molecule has 0 aromatic heterocycles. The lowest BCUT2D eigenvalue weighted by atomic mass is 10.1. The van der Waals surface area contributed by atoms with Gasteiger partial charge in [-0.1, -0.05) is 37.7 Å². The van der Waals surface area contributed by atoms with Crippen LogP contribution in [-0.2, 0) is 0 Å². The molecule has 1 saturated heterocycles. The molecule has 94 valence electrons. The van der Waals surface area contributed by atoms with Crippen LogP contribution in [0.15, 0.2) is 12.2 Å². The van der Waals surface area contributed by atoms with Gasteiger partial charge in [-0.25, -0.2) is 0 Å². The maximum Gasteiger partial charge on any atom is 0.0511 e. The molecule has 0 aromatic rings. The lowest BCUT2D eigenvalue weighted by molar-refractivity contribution is 0.229. The van der Waals surface area contributed by atoms with Crippen molar-refractivity contribution in [1.82, 2.24) is 4.90 Å². The second-order valence-corrected chi connectivity index (χ2v) is 11.2. The summed E-state index contributed by atoms with van der Waals surface area (Å²) in [6, 6.07) is 2.86. The van der Waals surface area contributed by atoms with E-state index in [-0.39, 0.29) is 0 Å². The maximum absolute atomic E-state index is 2.67. The summed E-state index contributed by atoms with van der Waals surface area (Å²) in [5, 5.41) is 0. The first-order valence-corrected chi connectivity index (χ1v) is 10.4. The van der Waals surface area contributed by atoms with Crippen LogP contribution in [0.3, 0.4) is 0 Å². The third-order valence-corrected chi connectivity index (χ3v) is 6.73. The van der Waals surface area contributed by atoms with Gasteiger partial charge >= 0.3 is 0 Å². The number of likely N-dealkylation sites (tertiary alicyclic amines) is 1. The summed E-state index contributed by atoms with van der Waals surface area (Å²) in [5.74, 6) is 0. The SMILES string of the molecule is CC=CC[Si](C)(C)CCCN1CCCCC1. The van der Waals surface area contributed by atoms with Gasteiger partial charge in [0, 0.05) is 0 Å². The molecule has 0 radical (unpaired) electrons. The maximum atomic E-state index is 2.67. The minimum atomic E-state index is -0.922. The highest BCUT2D eigenvalue weighted by atomic mass is 28.3. The van der Waals surface area contributed by atoms with Crippen molar-refractivity contribution in [3.8, 4) is 0 Å². The summed E-state index contributed by atoms with van der Waals surface area (Å²) in [7, 11) is -0.922. The molecule has 0 saturated carbocycles. The standard InChI is InChI=1S/C14H29NSi/c1-4-5-13-16(2,3)14-9-12-15-10-7-6-8-11-15/h4-5H,6-14H2,1-3H3. The van der Waals surface area contributed by atoms with Crippen LogP contribution in [0.2, 0.25) is 25.2 Å². The van der Waals surface area contributed by atoms with E-state index in [0.29, 0.717) is 0 Å². The zero-order valence-corrected chi connectivity index (χ0v) is 12.5. The van der Waals surface area contributed by atoms with E-state index in [9.17, 15) is 0 Å². The second-order valence-electron chi connectivity index (χ2n) is 5.94. The Bertz CT molecular complexity index is 205. The third-order valence-electron chi connectivity index (χ3n) is 3.68. The fourth-order valence-electron chi connectivity index (χ4n) is 2.50. The van der Waals surface area contributed by atoms with Crippen molar-refractivity contribution < 1.29 is 0 Å². The number of hydrogen-bond donors (Lipinski definition) is 0. The van der Waals surface area contributed by atoms with E-state index >= 15 is 0 Å². The molecule has 0 N–H and O–H groups in total. The molecular formula is C14H29NSi. The van der Waals surface area contributed by atoms with E-state index in [1.54, 1.807) is 0 Å². The lowest BCUT2D eigenvalue weighted by Crippen LogP contribution is -2.32. The first-order chi connectivity index (χ1) is 7.64. The van der Waals surface area contributed by atoms with Crippen LogP contribution in [0.4, 0.5) is 0 Å². The average Bonchev–Trinajstić information content (AvgIpc) is 2.28.